The molecular weight excluding hydrogens is 422 g/mol. The number of hydrogen-bond donors (Lipinski definition) is 1. The minimum atomic E-state index is -4.17. The van der Waals surface area contributed by atoms with Crippen molar-refractivity contribution in [1.29, 1.82) is 0 Å². The summed E-state index contributed by atoms with van der Waals surface area (Å²) in [5.74, 6) is -3.00. The average molecular weight is 443 g/mol. The molecule has 8 heteroatoms. The van der Waals surface area contributed by atoms with Crippen LogP contribution in [0.25, 0.3) is 0 Å². The maximum atomic E-state index is 15.3. The van der Waals surface area contributed by atoms with Crippen LogP contribution in [0.15, 0.2) is 35.2 Å². The summed E-state index contributed by atoms with van der Waals surface area (Å²) in [6.45, 7) is 1.05. The molecular formula is C21H21ClF2O4S. The monoisotopic (exact) mass is 442 g/mol. The number of fused-ring (bicyclic) bond motifs is 3. The molecule has 1 N–H and O–H groups in total. The van der Waals surface area contributed by atoms with E-state index < -0.39 is 38.1 Å². The molecule has 4 rings (SSSR count). The molecule has 0 radical (unpaired) electrons. The summed E-state index contributed by atoms with van der Waals surface area (Å²) in [5, 5.41) is 10.3. The van der Waals surface area contributed by atoms with Gasteiger partial charge in [-0.25, -0.2) is 17.2 Å². The third-order valence-corrected chi connectivity index (χ3v) is 9.13. The van der Waals surface area contributed by atoms with Crippen LogP contribution in [-0.2, 0) is 14.6 Å². The SMILES string of the molecule is Cc1cc(F)c2c(c1F)OC[C@H]1[C@H](CO)CCC[C@@]21S(=O)(=O)c1ccc(Cl)cc1. The fourth-order valence-electron chi connectivity index (χ4n) is 4.91. The number of rotatable bonds is 3. The first kappa shape index (κ1) is 20.6. The molecule has 0 saturated heterocycles. The van der Waals surface area contributed by atoms with E-state index in [9.17, 15) is 17.9 Å². The molecule has 0 unspecified atom stereocenters. The lowest BCUT2D eigenvalue weighted by molar-refractivity contribution is 0.0429. The van der Waals surface area contributed by atoms with E-state index in [0.717, 1.165) is 6.07 Å². The molecule has 0 amide bonds. The highest BCUT2D eigenvalue weighted by Crippen LogP contribution is 2.58. The summed E-state index contributed by atoms with van der Waals surface area (Å²) >= 11 is 5.92. The van der Waals surface area contributed by atoms with Crippen LogP contribution in [0.1, 0.15) is 30.4 Å². The first-order valence-electron chi connectivity index (χ1n) is 9.47. The van der Waals surface area contributed by atoms with Gasteiger partial charge < -0.3 is 9.84 Å². The zero-order valence-corrected chi connectivity index (χ0v) is 17.4. The summed E-state index contributed by atoms with van der Waals surface area (Å²) in [4.78, 5) is -0.0151. The van der Waals surface area contributed by atoms with E-state index in [1.165, 1.54) is 31.2 Å². The van der Waals surface area contributed by atoms with Gasteiger partial charge in [-0.2, -0.15) is 0 Å². The number of halogens is 3. The molecule has 1 fully saturated rings. The van der Waals surface area contributed by atoms with E-state index in [1.54, 1.807) is 0 Å². The Morgan fingerprint density at radius 3 is 2.62 bits per heavy atom. The average Bonchev–Trinajstić information content (AvgIpc) is 2.70. The van der Waals surface area contributed by atoms with Gasteiger partial charge >= 0.3 is 0 Å². The maximum absolute atomic E-state index is 15.3. The van der Waals surface area contributed by atoms with Gasteiger partial charge in [-0.15, -0.1) is 0 Å². The highest BCUT2D eigenvalue weighted by Gasteiger charge is 2.60. The van der Waals surface area contributed by atoms with Crippen molar-refractivity contribution in [2.45, 2.75) is 35.8 Å². The first-order chi connectivity index (χ1) is 13.7. The number of benzene rings is 2. The van der Waals surface area contributed by atoms with Crippen LogP contribution >= 0.6 is 11.6 Å². The van der Waals surface area contributed by atoms with E-state index in [-0.39, 0.29) is 41.4 Å². The fourth-order valence-corrected chi connectivity index (χ4v) is 7.48. The van der Waals surface area contributed by atoms with Gasteiger partial charge in [0.1, 0.15) is 10.6 Å². The lowest BCUT2D eigenvalue weighted by atomic mass is 9.67. The summed E-state index contributed by atoms with van der Waals surface area (Å²) in [7, 11) is -4.17. The molecule has 2 aromatic rings. The van der Waals surface area contributed by atoms with Gasteiger partial charge in [0.25, 0.3) is 0 Å². The molecule has 2 aromatic carbocycles. The van der Waals surface area contributed by atoms with Crippen LogP contribution < -0.4 is 4.74 Å². The van der Waals surface area contributed by atoms with Crippen molar-refractivity contribution in [3.63, 3.8) is 0 Å². The number of aryl methyl sites for hydroxylation is 1. The molecule has 1 aliphatic heterocycles. The van der Waals surface area contributed by atoms with Crippen molar-refractivity contribution in [2.75, 3.05) is 13.2 Å². The molecule has 1 aliphatic carbocycles. The molecule has 2 aliphatic rings. The zero-order valence-electron chi connectivity index (χ0n) is 15.8. The lowest BCUT2D eigenvalue weighted by Crippen LogP contribution is -2.54. The topological polar surface area (TPSA) is 63.6 Å². The number of aliphatic hydroxyl groups is 1. The van der Waals surface area contributed by atoms with Crippen molar-refractivity contribution in [1.82, 2.24) is 0 Å². The summed E-state index contributed by atoms with van der Waals surface area (Å²) < 4.78 is 61.9. The van der Waals surface area contributed by atoms with Gasteiger partial charge in [0.2, 0.25) is 0 Å². The van der Waals surface area contributed by atoms with E-state index in [0.29, 0.717) is 17.9 Å². The van der Waals surface area contributed by atoms with Crippen LogP contribution in [0.2, 0.25) is 5.02 Å². The molecule has 0 aromatic heterocycles. The first-order valence-corrected chi connectivity index (χ1v) is 11.3. The fraction of sp³-hybridized carbons (Fsp3) is 0.429. The Balaban J connectivity index is 2.06. The third kappa shape index (κ3) is 2.89. The van der Waals surface area contributed by atoms with Crippen molar-refractivity contribution in [2.24, 2.45) is 11.8 Å². The molecule has 156 valence electrons. The predicted octanol–water partition coefficient (Wildman–Crippen LogP) is 4.40. The van der Waals surface area contributed by atoms with Crippen molar-refractivity contribution in [3.8, 4) is 5.75 Å². The van der Waals surface area contributed by atoms with E-state index >= 15 is 4.39 Å². The standard InChI is InChI=1S/C21H21ClF2O4S/c1-12-9-17(23)18-20(19(12)24)28-11-16-13(10-25)3-2-8-21(16,18)29(26,27)15-6-4-14(22)5-7-15/h4-7,9,13,16,25H,2-3,8,10-11H2,1H3/t13-,16-,21-/m0/s1. The summed E-state index contributed by atoms with van der Waals surface area (Å²) in [6, 6.07) is 6.69. The smallest absolute Gasteiger partial charge is 0.188 e. The van der Waals surface area contributed by atoms with Crippen molar-refractivity contribution >= 4 is 21.4 Å². The second kappa shape index (κ2) is 7.22. The van der Waals surface area contributed by atoms with Crippen LogP contribution in [0.3, 0.4) is 0 Å². The third-order valence-electron chi connectivity index (χ3n) is 6.31. The predicted molar refractivity (Wildman–Crippen MR) is 105 cm³/mol. The van der Waals surface area contributed by atoms with Gasteiger partial charge in [-0.3, -0.25) is 0 Å². The Kier molecular flexibility index (Phi) is 5.12. The molecule has 1 saturated carbocycles. The molecule has 3 atom stereocenters. The molecule has 0 bridgehead atoms. The minimum Gasteiger partial charge on any atom is -0.490 e. The number of aliphatic hydroxyl groups excluding tert-OH is 1. The molecule has 29 heavy (non-hydrogen) atoms. The largest absolute Gasteiger partial charge is 0.490 e. The van der Waals surface area contributed by atoms with E-state index in [1.807, 2.05) is 0 Å². The minimum absolute atomic E-state index is 0.0151. The Labute approximate surface area is 173 Å². The van der Waals surface area contributed by atoms with Crippen LogP contribution in [-0.4, -0.2) is 26.7 Å². The summed E-state index contributed by atoms with van der Waals surface area (Å²) in [6.07, 6.45) is 1.17. The van der Waals surface area contributed by atoms with E-state index in [2.05, 4.69) is 0 Å². The highest BCUT2D eigenvalue weighted by molar-refractivity contribution is 7.92. The van der Waals surface area contributed by atoms with Gasteiger partial charge in [0, 0.05) is 17.5 Å². The number of hydrogen-bond acceptors (Lipinski definition) is 4. The maximum Gasteiger partial charge on any atom is 0.188 e. The van der Waals surface area contributed by atoms with E-state index in [4.69, 9.17) is 16.3 Å². The Morgan fingerprint density at radius 1 is 1.28 bits per heavy atom. The number of ether oxygens (including phenoxy) is 1. The van der Waals surface area contributed by atoms with Crippen molar-refractivity contribution in [3.05, 3.63) is 58.1 Å². The van der Waals surface area contributed by atoms with Crippen LogP contribution in [0.4, 0.5) is 8.78 Å². The molecule has 1 heterocycles. The lowest BCUT2D eigenvalue weighted by Gasteiger charge is -2.50. The Bertz CT molecular complexity index is 1060. The van der Waals surface area contributed by atoms with Crippen LogP contribution in [0, 0.1) is 30.4 Å². The summed E-state index contributed by atoms with van der Waals surface area (Å²) in [5.41, 5.74) is -0.210. The molecule has 0 spiro atoms. The zero-order chi connectivity index (χ0) is 21.0. The van der Waals surface area contributed by atoms with Crippen molar-refractivity contribution < 1.29 is 27.0 Å². The highest BCUT2D eigenvalue weighted by atomic mass is 35.5. The molecule has 4 nitrogen and oxygen atoms in total. The van der Waals surface area contributed by atoms with Gasteiger partial charge in [0.05, 0.1) is 17.1 Å². The number of sulfone groups is 1. The Hall–Kier alpha value is -1.70. The quantitative estimate of drug-likeness (QED) is 0.765. The Morgan fingerprint density at radius 2 is 1.97 bits per heavy atom. The van der Waals surface area contributed by atoms with Gasteiger partial charge in [0.15, 0.2) is 21.4 Å². The second-order valence-corrected chi connectivity index (χ2v) is 10.4. The van der Waals surface area contributed by atoms with Gasteiger partial charge in [-0.1, -0.05) is 18.0 Å². The normalized spacial score (nSPS) is 26.4. The van der Waals surface area contributed by atoms with Crippen LogP contribution in [0.5, 0.6) is 5.75 Å². The second-order valence-electron chi connectivity index (χ2n) is 7.79. The van der Waals surface area contributed by atoms with Gasteiger partial charge in [-0.05, 0) is 61.6 Å².